The van der Waals surface area contributed by atoms with Crippen LogP contribution in [0.4, 0.5) is 11.4 Å². The number of carbonyl (C=O) groups excluding carboxylic acids is 1. The summed E-state index contributed by atoms with van der Waals surface area (Å²) in [7, 11) is 1.46. The Morgan fingerprint density at radius 2 is 2.00 bits per heavy atom. The van der Waals surface area contributed by atoms with E-state index in [-0.39, 0.29) is 11.6 Å². The van der Waals surface area contributed by atoms with Crippen molar-refractivity contribution >= 4 is 28.3 Å². The lowest BCUT2D eigenvalue weighted by Gasteiger charge is -2.14. The van der Waals surface area contributed by atoms with Crippen molar-refractivity contribution in [2.75, 3.05) is 12.4 Å². The zero-order valence-electron chi connectivity index (χ0n) is 14.4. The normalized spacial score (nSPS) is 15.0. The molecule has 4 rings (SSSR count). The van der Waals surface area contributed by atoms with Gasteiger partial charge < -0.3 is 15.0 Å². The third-order valence-corrected chi connectivity index (χ3v) is 4.76. The first kappa shape index (κ1) is 16.1. The molecule has 1 aliphatic rings. The zero-order chi connectivity index (χ0) is 18.6. The number of carbonyl (C=O) groups is 1. The second-order valence-corrected chi connectivity index (χ2v) is 6.72. The molecule has 0 bridgehead atoms. The Kier molecular flexibility index (Phi) is 3.27. The van der Waals surface area contributed by atoms with Gasteiger partial charge in [0.15, 0.2) is 0 Å². The van der Waals surface area contributed by atoms with E-state index >= 15 is 0 Å². The van der Waals surface area contributed by atoms with E-state index in [0.717, 1.165) is 16.8 Å². The molecule has 1 aliphatic heterocycles. The minimum atomic E-state index is -0.617. The highest BCUT2D eigenvalue weighted by Gasteiger charge is 2.38. The van der Waals surface area contributed by atoms with Crippen molar-refractivity contribution in [3.63, 3.8) is 0 Å². The number of H-pyrrole nitrogens is 1. The van der Waals surface area contributed by atoms with Crippen molar-refractivity contribution in [1.29, 1.82) is 0 Å². The van der Waals surface area contributed by atoms with Crippen LogP contribution in [0.3, 0.4) is 0 Å². The quantitative estimate of drug-likeness (QED) is 0.554. The fraction of sp³-hybridized carbons (Fsp3) is 0.222. The van der Waals surface area contributed by atoms with Gasteiger partial charge in [0.2, 0.25) is 5.91 Å². The molecule has 0 unspecified atom stereocenters. The van der Waals surface area contributed by atoms with Gasteiger partial charge in [-0.2, -0.15) is 0 Å². The number of aromatic amines is 1. The summed E-state index contributed by atoms with van der Waals surface area (Å²) in [5, 5.41) is 13.8. The van der Waals surface area contributed by atoms with Crippen LogP contribution >= 0.6 is 0 Å². The van der Waals surface area contributed by atoms with Gasteiger partial charge in [-0.15, -0.1) is 0 Å². The number of imidazole rings is 1. The number of aromatic nitrogens is 2. The molecule has 26 heavy (non-hydrogen) atoms. The molecule has 1 amide bonds. The Morgan fingerprint density at radius 1 is 1.23 bits per heavy atom. The van der Waals surface area contributed by atoms with Crippen LogP contribution in [-0.2, 0) is 10.2 Å². The van der Waals surface area contributed by atoms with E-state index in [0.29, 0.717) is 22.7 Å². The third-order valence-electron chi connectivity index (χ3n) is 4.76. The maximum Gasteiger partial charge on any atom is 0.273 e. The lowest BCUT2D eigenvalue weighted by molar-refractivity contribution is -0.384. The van der Waals surface area contributed by atoms with Crippen LogP contribution in [0.15, 0.2) is 30.3 Å². The number of nitrogens with zero attached hydrogens (tertiary/aromatic N) is 2. The summed E-state index contributed by atoms with van der Waals surface area (Å²) < 4.78 is 5.29. The maximum absolute atomic E-state index is 12.1. The van der Waals surface area contributed by atoms with Gasteiger partial charge in [-0.25, -0.2) is 4.98 Å². The highest BCUT2D eigenvalue weighted by atomic mass is 16.6. The number of nitro groups is 1. The van der Waals surface area contributed by atoms with E-state index in [4.69, 9.17) is 4.74 Å². The second kappa shape index (κ2) is 5.29. The number of hydrogen-bond acceptors (Lipinski definition) is 5. The lowest BCUT2D eigenvalue weighted by atomic mass is 9.86. The molecule has 0 radical (unpaired) electrons. The van der Waals surface area contributed by atoms with Crippen LogP contribution < -0.4 is 10.1 Å². The molecule has 2 aromatic carbocycles. The molecule has 132 valence electrons. The number of fused-ring (bicyclic) bond motifs is 2. The number of ether oxygens (including phenoxy) is 1. The molecule has 2 heterocycles. The SMILES string of the molecule is COc1cc([N+](=O)[O-])ccc1-c1nc2cc3c(cc2[nH]1)NC(=O)C3(C)C. The Hall–Kier alpha value is -3.42. The van der Waals surface area contributed by atoms with E-state index in [1.807, 2.05) is 26.0 Å². The molecule has 1 aromatic heterocycles. The second-order valence-electron chi connectivity index (χ2n) is 6.72. The minimum absolute atomic E-state index is 0.0441. The number of benzene rings is 2. The first-order chi connectivity index (χ1) is 12.3. The molecule has 0 spiro atoms. The van der Waals surface area contributed by atoms with Crippen LogP contribution in [0.1, 0.15) is 19.4 Å². The van der Waals surface area contributed by atoms with Gasteiger partial charge in [-0.1, -0.05) is 0 Å². The van der Waals surface area contributed by atoms with Crippen molar-refractivity contribution in [3.05, 3.63) is 46.0 Å². The molecule has 0 aliphatic carbocycles. The predicted octanol–water partition coefficient (Wildman–Crippen LogP) is 3.38. The van der Waals surface area contributed by atoms with Crippen molar-refractivity contribution < 1.29 is 14.5 Å². The van der Waals surface area contributed by atoms with Crippen molar-refractivity contribution in [3.8, 4) is 17.1 Å². The van der Waals surface area contributed by atoms with Crippen LogP contribution in [0, 0.1) is 10.1 Å². The van der Waals surface area contributed by atoms with Crippen LogP contribution in [0.25, 0.3) is 22.4 Å². The summed E-state index contributed by atoms with van der Waals surface area (Å²) in [6.45, 7) is 3.74. The summed E-state index contributed by atoms with van der Waals surface area (Å²) in [5.74, 6) is 0.858. The first-order valence-corrected chi connectivity index (χ1v) is 8.00. The van der Waals surface area contributed by atoms with E-state index in [9.17, 15) is 14.9 Å². The fourth-order valence-electron chi connectivity index (χ4n) is 3.19. The smallest absolute Gasteiger partial charge is 0.273 e. The van der Waals surface area contributed by atoms with Crippen LogP contribution in [0.2, 0.25) is 0 Å². The molecule has 0 saturated carbocycles. The standard InChI is InChI=1S/C18H16N4O4/c1-18(2)11-7-13-14(8-12(11)21-17(18)23)20-16(19-13)10-5-4-9(22(24)25)6-15(10)26-3/h4-8H,1-3H3,(H,19,20)(H,21,23). The van der Waals surface area contributed by atoms with E-state index < -0.39 is 10.3 Å². The number of rotatable bonds is 3. The molecular weight excluding hydrogens is 336 g/mol. The van der Waals surface area contributed by atoms with E-state index in [1.54, 1.807) is 6.07 Å². The summed E-state index contributed by atoms with van der Waals surface area (Å²) in [6.07, 6.45) is 0. The maximum atomic E-state index is 12.1. The van der Waals surface area contributed by atoms with Gasteiger partial charge >= 0.3 is 0 Å². The minimum Gasteiger partial charge on any atom is -0.496 e. The monoisotopic (exact) mass is 352 g/mol. The fourth-order valence-corrected chi connectivity index (χ4v) is 3.19. The number of non-ortho nitro benzene ring substituents is 1. The van der Waals surface area contributed by atoms with E-state index in [2.05, 4.69) is 15.3 Å². The number of nitrogens with one attached hydrogen (secondary N) is 2. The number of methoxy groups -OCH3 is 1. The summed E-state index contributed by atoms with van der Waals surface area (Å²) in [5.41, 5.74) is 3.08. The number of nitro benzene ring substituents is 1. The average molecular weight is 352 g/mol. The molecule has 0 atom stereocenters. The third kappa shape index (κ3) is 2.22. The largest absolute Gasteiger partial charge is 0.496 e. The molecule has 0 saturated heterocycles. The van der Waals surface area contributed by atoms with Gasteiger partial charge in [-0.3, -0.25) is 14.9 Å². The molecule has 2 N–H and O–H groups in total. The summed E-state index contributed by atoms with van der Waals surface area (Å²) in [4.78, 5) is 30.4. The Bertz CT molecular complexity index is 1080. The topological polar surface area (TPSA) is 110 Å². The molecule has 8 nitrogen and oxygen atoms in total. The highest BCUT2D eigenvalue weighted by molar-refractivity contribution is 6.07. The van der Waals surface area contributed by atoms with Gasteiger partial charge in [-0.05, 0) is 37.6 Å². The Balaban J connectivity index is 1.85. The lowest BCUT2D eigenvalue weighted by Crippen LogP contribution is -2.26. The van der Waals surface area contributed by atoms with Crippen LogP contribution in [0.5, 0.6) is 5.75 Å². The highest BCUT2D eigenvalue weighted by Crippen LogP contribution is 2.40. The van der Waals surface area contributed by atoms with Gasteiger partial charge in [0.05, 0.1) is 40.1 Å². The van der Waals surface area contributed by atoms with Gasteiger partial charge in [0.25, 0.3) is 5.69 Å². The molecular formula is C18H16N4O4. The van der Waals surface area contributed by atoms with Crippen molar-refractivity contribution in [2.45, 2.75) is 19.3 Å². The average Bonchev–Trinajstić information content (AvgIpc) is 3.11. The number of anilines is 1. The van der Waals surface area contributed by atoms with Crippen LogP contribution in [-0.4, -0.2) is 27.9 Å². The van der Waals surface area contributed by atoms with Crippen molar-refractivity contribution in [1.82, 2.24) is 9.97 Å². The van der Waals surface area contributed by atoms with Crippen molar-refractivity contribution in [2.24, 2.45) is 0 Å². The van der Waals surface area contributed by atoms with Gasteiger partial charge in [0, 0.05) is 11.8 Å². The first-order valence-electron chi connectivity index (χ1n) is 8.00. The Labute approximate surface area is 148 Å². The molecule has 0 fully saturated rings. The predicted molar refractivity (Wildman–Crippen MR) is 96.4 cm³/mol. The molecule has 3 aromatic rings. The summed E-state index contributed by atoms with van der Waals surface area (Å²) in [6, 6.07) is 8.13. The Morgan fingerprint density at radius 3 is 2.69 bits per heavy atom. The van der Waals surface area contributed by atoms with E-state index in [1.165, 1.54) is 19.2 Å². The molecule has 8 heteroatoms. The van der Waals surface area contributed by atoms with Gasteiger partial charge in [0.1, 0.15) is 11.6 Å². The number of amides is 1. The zero-order valence-corrected chi connectivity index (χ0v) is 14.4. The number of hydrogen-bond donors (Lipinski definition) is 2. The summed E-state index contributed by atoms with van der Waals surface area (Å²) >= 11 is 0.